The number of hydrogen-bond acceptors (Lipinski definition) is 5. The van der Waals surface area contributed by atoms with Gasteiger partial charge >= 0.3 is 0 Å². The van der Waals surface area contributed by atoms with Crippen LogP contribution in [0, 0.1) is 30.6 Å². The number of allylic oxidation sites excluding steroid dienone is 1. The lowest BCUT2D eigenvalue weighted by Crippen LogP contribution is -2.48. The molecule has 0 aromatic heterocycles. The molecule has 0 aliphatic carbocycles. The largest absolute Gasteiger partial charge is 0.400 e. The molecule has 0 unspecified atom stereocenters. The van der Waals surface area contributed by atoms with Crippen LogP contribution < -0.4 is 5.73 Å². The van der Waals surface area contributed by atoms with Gasteiger partial charge in [0.05, 0.1) is 30.1 Å². The summed E-state index contributed by atoms with van der Waals surface area (Å²) in [4.78, 5) is 15.1. The summed E-state index contributed by atoms with van der Waals surface area (Å²) in [5, 5.41) is 17.7. The number of hydrogen-bond donors (Lipinski definition) is 2. The molecule has 0 radical (unpaired) electrons. The molecule has 1 fully saturated rings. The first-order valence-electron chi connectivity index (χ1n) is 11.2. The predicted molar refractivity (Wildman–Crippen MR) is 131 cm³/mol. The molecular formula is C27H32N4O2. The zero-order chi connectivity index (χ0) is 24.3. The van der Waals surface area contributed by atoms with Crippen molar-refractivity contribution in [2.45, 2.75) is 46.6 Å². The monoisotopic (exact) mass is 444 g/mol. The first kappa shape index (κ1) is 24.2. The van der Waals surface area contributed by atoms with E-state index in [1.807, 2.05) is 75.9 Å². The maximum absolute atomic E-state index is 13.2. The number of amides is 1. The van der Waals surface area contributed by atoms with Gasteiger partial charge < -0.3 is 15.4 Å². The van der Waals surface area contributed by atoms with E-state index < -0.39 is 0 Å². The van der Waals surface area contributed by atoms with Crippen molar-refractivity contribution in [2.24, 2.45) is 5.73 Å². The molecule has 2 aromatic carbocycles. The van der Waals surface area contributed by atoms with Gasteiger partial charge in [-0.05, 0) is 75.1 Å². The van der Waals surface area contributed by atoms with Crippen molar-refractivity contribution in [3.63, 3.8) is 0 Å². The average Bonchev–Trinajstić information content (AvgIpc) is 2.75. The van der Waals surface area contributed by atoms with E-state index >= 15 is 0 Å². The minimum atomic E-state index is -0.0239. The van der Waals surface area contributed by atoms with Crippen LogP contribution in [-0.4, -0.2) is 42.3 Å². The van der Waals surface area contributed by atoms with Gasteiger partial charge in [-0.25, -0.2) is 0 Å². The zero-order valence-electron chi connectivity index (χ0n) is 20.0. The Morgan fingerprint density at radius 1 is 1.18 bits per heavy atom. The molecule has 2 aromatic rings. The number of nitrogens with zero attached hydrogens (tertiary/aromatic N) is 2. The average molecular weight is 445 g/mol. The molecule has 1 saturated heterocycles. The van der Waals surface area contributed by atoms with Gasteiger partial charge in [0, 0.05) is 35.8 Å². The van der Waals surface area contributed by atoms with Crippen molar-refractivity contribution in [3.05, 3.63) is 81.0 Å². The van der Waals surface area contributed by atoms with E-state index in [0.29, 0.717) is 46.8 Å². The maximum atomic E-state index is 13.2. The van der Waals surface area contributed by atoms with E-state index in [9.17, 15) is 4.79 Å². The second-order valence-corrected chi connectivity index (χ2v) is 9.01. The molecule has 6 heteroatoms. The van der Waals surface area contributed by atoms with Gasteiger partial charge in [0.2, 0.25) is 0 Å². The summed E-state index contributed by atoms with van der Waals surface area (Å²) in [6.45, 7) is 11.1. The van der Waals surface area contributed by atoms with Crippen LogP contribution in [0.2, 0.25) is 0 Å². The molecule has 6 nitrogen and oxygen atoms in total. The number of benzene rings is 2. The standard InChI is InChI=1S/C27H32N4O2/c1-16(2)33-15-25(29)19(5)26(30)23-11-24(18(4)10-17(23)3)27(32)31-13-22(14-31)21-8-6-20(12-28)7-9-21/h6-11,16,22,30H,13-15,29H2,1-5H3/b25-19-,30-26?. The van der Waals surface area contributed by atoms with E-state index in [1.165, 1.54) is 0 Å². The number of likely N-dealkylation sites (tertiary alicyclic amines) is 1. The van der Waals surface area contributed by atoms with Gasteiger partial charge in [0.1, 0.15) is 0 Å². The van der Waals surface area contributed by atoms with Gasteiger partial charge in [-0.2, -0.15) is 5.26 Å². The summed E-state index contributed by atoms with van der Waals surface area (Å²) >= 11 is 0. The quantitative estimate of drug-likeness (QED) is 0.616. The topological polar surface area (TPSA) is 103 Å². The third kappa shape index (κ3) is 5.32. The fraction of sp³-hybridized carbons (Fsp3) is 0.370. The maximum Gasteiger partial charge on any atom is 0.254 e. The smallest absolute Gasteiger partial charge is 0.254 e. The Morgan fingerprint density at radius 2 is 1.79 bits per heavy atom. The van der Waals surface area contributed by atoms with Crippen molar-refractivity contribution >= 4 is 11.6 Å². The molecule has 0 atom stereocenters. The van der Waals surface area contributed by atoms with Crippen LogP contribution in [0.15, 0.2) is 47.7 Å². The van der Waals surface area contributed by atoms with Crippen LogP contribution in [0.25, 0.3) is 0 Å². The molecule has 3 N–H and O–H groups in total. The summed E-state index contributed by atoms with van der Waals surface area (Å²) < 4.78 is 5.58. The Kier molecular flexibility index (Phi) is 7.35. The van der Waals surface area contributed by atoms with E-state index in [-0.39, 0.29) is 24.5 Å². The molecule has 1 amide bonds. The van der Waals surface area contributed by atoms with Crippen molar-refractivity contribution in [3.8, 4) is 6.07 Å². The van der Waals surface area contributed by atoms with Gasteiger partial charge in [0.15, 0.2) is 0 Å². The number of nitriles is 1. The van der Waals surface area contributed by atoms with Gasteiger partial charge in [0.25, 0.3) is 5.91 Å². The zero-order valence-corrected chi connectivity index (χ0v) is 20.0. The molecule has 1 heterocycles. The normalized spacial score (nSPS) is 14.5. The summed E-state index contributed by atoms with van der Waals surface area (Å²) in [5.74, 6) is 0.250. The van der Waals surface area contributed by atoms with E-state index in [2.05, 4.69) is 6.07 Å². The number of aryl methyl sites for hydroxylation is 2. The van der Waals surface area contributed by atoms with Crippen molar-refractivity contribution in [1.29, 1.82) is 10.7 Å². The summed E-state index contributed by atoms with van der Waals surface area (Å²) in [5.41, 5.74) is 12.6. The molecule has 33 heavy (non-hydrogen) atoms. The van der Waals surface area contributed by atoms with Crippen LogP contribution in [0.5, 0.6) is 0 Å². The Bertz CT molecular complexity index is 1130. The van der Waals surface area contributed by atoms with E-state index in [4.69, 9.17) is 21.1 Å². The number of ether oxygens (including phenoxy) is 1. The molecule has 0 saturated carbocycles. The molecule has 0 spiro atoms. The van der Waals surface area contributed by atoms with Crippen molar-refractivity contribution in [2.75, 3.05) is 19.7 Å². The molecule has 1 aliphatic heterocycles. The highest BCUT2D eigenvalue weighted by Gasteiger charge is 2.33. The Morgan fingerprint density at radius 3 is 2.36 bits per heavy atom. The molecule has 0 bridgehead atoms. The lowest BCUT2D eigenvalue weighted by Gasteiger charge is -2.40. The highest BCUT2D eigenvalue weighted by atomic mass is 16.5. The summed E-state index contributed by atoms with van der Waals surface area (Å²) in [6, 6.07) is 13.5. The van der Waals surface area contributed by atoms with Crippen LogP contribution in [0.1, 0.15) is 64.9 Å². The third-order valence-electron chi connectivity index (χ3n) is 6.18. The first-order chi connectivity index (χ1) is 15.6. The number of nitrogens with two attached hydrogens (primary N) is 1. The second kappa shape index (κ2) is 10.0. The fourth-order valence-corrected chi connectivity index (χ4v) is 3.93. The lowest BCUT2D eigenvalue weighted by atomic mass is 9.89. The van der Waals surface area contributed by atoms with E-state index in [1.54, 1.807) is 0 Å². The van der Waals surface area contributed by atoms with Gasteiger partial charge in [-0.15, -0.1) is 0 Å². The summed E-state index contributed by atoms with van der Waals surface area (Å²) in [7, 11) is 0. The fourth-order valence-electron chi connectivity index (χ4n) is 3.93. The minimum Gasteiger partial charge on any atom is -0.400 e. The van der Waals surface area contributed by atoms with Crippen molar-refractivity contribution < 1.29 is 9.53 Å². The van der Waals surface area contributed by atoms with E-state index in [0.717, 1.165) is 16.7 Å². The highest BCUT2D eigenvalue weighted by Crippen LogP contribution is 2.30. The first-order valence-corrected chi connectivity index (χ1v) is 11.2. The lowest BCUT2D eigenvalue weighted by molar-refractivity contribution is 0.0601. The molecule has 172 valence electrons. The molecule has 3 rings (SSSR count). The third-order valence-corrected chi connectivity index (χ3v) is 6.18. The molecule has 1 aliphatic rings. The van der Waals surface area contributed by atoms with Gasteiger partial charge in [-0.3, -0.25) is 10.2 Å². The van der Waals surface area contributed by atoms with Crippen LogP contribution in [0.4, 0.5) is 0 Å². The Labute approximate surface area is 196 Å². The number of carbonyl (C=O) groups is 1. The molecular weight excluding hydrogens is 412 g/mol. The van der Waals surface area contributed by atoms with Crippen molar-refractivity contribution in [1.82, 2.24) is 4.90 Å². The van der Waals surface area contributed by atoms with Crippen LogP contribution >= 0.6 is 0 Å². The number of rotatable bonds is 7. The SMILES string of the molecule is C/C(C(=N)c1cc(C(=O)N2CC(c3ccc(C#N)cc3)C2)c(C)cc1C)=C(/N)COC(C)C. The Balaban J connectivity index is 1.77. The van der Waals surface area contributed by atoms with Gasteiger partial charge in [-0.1, -0.05) is 18.2 Å². The highest BCUT2D eigenvalue weighted by molar-refractivity contribution is 6.12. The minimum absolute atomic E-state index is 0.0239. The number of carbonyl (C=O) groups excluding carboxylic acids is 1. The predicted octanol–water partition coefficient (Wildman–Crippen LogP) is 4.44. The van der Waals surface area contributed by atoms with Crippen LogP contribution in [0.3, 0.4) is 0 Å². The van der Waals surface area contributed by atoms with Crippen LogP contribution in [-0.2, 0) is 4.74 Å². The summed E-state index contributed by atoms with van der Waals surface area (Å²) in [6.07, 6.45) is 0.0560. The Hall–Kier alpha value is -3.43. The second-order valence-electron chi connectivity index (χ2n) is 9.01. The number of nitrogens with one attached hydrogen (secondary N) is 1.